The molecule has 17 heavy (non-hydrogen) atoms. The molecule has 0 saturated carbocycles. The topological polar surface area (TPSA) is 66.8 Å². The van der Waals surface area contributed by atoms with Gasteiger partial charge in [-0.2, -0.15) is 0 Å². The molecular formula is C10H13F2NO4. The Morgan fingerprint density at radius 2 is 2.24 bits per heavy atom. The van der Waals surface area contributed by atoms with Gasteiger partial charge in [-0.25, -0.2) is 13.6 Å². The molecule has 0 spiro atoms. The fraction of sp³-hybridized carbons (Fsp3) is 0.600. The van der Waals surface area contributed by atoms with Crippen molar-refractivity contribution < 1.29 is 28.2 Å². The molecule has 1 rings (SSSR count). The van der Waals surface area contributed by atoms with Crippen LogP contribution in [0.1, 0.15) is 6.42 Å². The molecule has 0 aromatic rings. The van der Waals surface area contributed by atoms with Crippen LogP contribution in [0, 0.1) is 5.92 Å². The molecule has 1 unspecified atom stereocenters. The number of aliphatic carboxylic acids is 1. The molecule has 1 amide bonds. The molecule has 0 aliphatic carbocycles. The van der Waals surface area contributed by atoms with E-state index in [2.05, 4.69) is 11.3 Å². The van der Waals surface area contributed by atoms with Crippen LogP contribution in [-0.2, 0) is 9.53 Å². The van der Waals surface area contributed by atoms with Crippen LogP contribution in [0.5, 0.6) is 0 Å². The smallest absolute Gasteiger partial charge is 0.410 e. The Balaban J connectivity index is 2.63. The Labute approximate surface area is 96.7 Å². The van der Waals surface area contributed by atoms with Gasteiger partial charge < -0.3 is 14.7 Å². The van der Waals surface area contributed by atoms with Gasteiger partial charge in [0.05, 0.1) is 6.54 Å². The number of nitrogens with zero attached hydrogens (tertiary/aromatic N) is 1. The van der Waals surface area contributed by atoms with Gasteiger partial charge in [0.2, 0.25) is 0 Å². The summed E-state index contributed by atoms with van der Waals surface area (Å²) in [6.07, 6.45) is 0.152. The molecule has 0 aromatic heterocycles. The van der Waals surface area contributed by atoms with Crippen molar-refractivity contribution in [3.05, 3.63) is 12.7 Å². The summed E-state index contributed by atoms with van der Waals surface area (Å²) in [5.41, 5.74) is 0. The van der Waals surface area contributed by atoms with Crippen molar-refractivity contribution in [1.29, 1.82) is 0 Å². The number of carboxylic acids is 1. The number of carbonyl (C=O) groups excluding carboxylic acids is 1. The maximum atomic E-state index is 13.4. The number of ether oxygens (including phenoxy) is 1. The van der Waals surface area contributed by atoms with Crippen molar-refractivity contribution in [1.82, 2.24) is 4.90 Å². The zero-order valence-electron chi connectivity index (χ0n) is 9.07. The number of hydrogen-bond donors (Lipinski definition) is 1. The molecule has 0 radical (unpaired) electrons. The number of carboxylic acid groups (broad SMARTS) is 1. The maximum absolute atomic E-state index is 13.4. The molecule has 1 saturated heterocycles. The SMILES string of the molecule is C=CCOC(=O)N1CCC(C(=O)O)C(F)(F)C1. The summed E-state index contributed by atoms with van der Waals surface area (Å²) in [5.74, 6) is -6.72. The van der Waals surface area contributed by atoms with E-state index in [4.69, 9.17) is 5.11 Å². The normalized spacial score (nSPS) is 22.9. The fourth-order valence-corrected chi connectivity index (χ4v) is 1.62. The molecule has 7 heteroatoms. The fourth-order valence-electron chi connectivity index (χ4n) is 1.62. The van der Waals surface area contributed by atoms with Crippen LogP contribution in [0.2, 0.25) is 0 Å². The summed E-state index contributed by atoms with van der Waals surface area (Å²) in [6.45, 7) is 2.27. The van der Waals surface area contributed by atoms with E-state index >= 15 is 0 Å². The molecule has 1 atom stereocenters. The van der Waals surface area contributed by atoms with E-state index in [0.29, 0.717) is 0 Å². The van der Waals surface area contributed by atoms with Crippen LogP contribution >= 0.6 is 0 Å². The molecule has 1 aliphatic heterocycles. The summed E-state index contributed by atoms with van der Waals surface area (Å²) in [6, 6.07) is 0. The Hall–Kier alpha value is -1.66. The summed E-state index contributed by atoms with van der Waals surface area (Å²) in [5, 5.41) is 8.61. The average Bonchev–Trinajstić information content (AvgIpc) is 2.23. The van der Waals surface area contributed by atoms with Crippen molar-refractivity contribution in [2.75, 3.05) is 19.7 Å². The Morgan fingerprint density at radius 1 is 1.59 bits per heavy atom. The van der Waals surface area contributed by atoms with Crippen molar-refractivity contribution in [2.24, 2.45) is 5.92 Å². The quantitative estimate of drug-likeness (QED) is 0.767. The summed E-state index contributed by atoms with van der Waals surface area (Å²) < 4.78 is 31.4. The Bertz CT molecular complexity index is 332. The average molecular weight is 249 g/mol. The lowest BCUT2D eigenvalue weighted by Gasteiger charge is -2.35. The Kier molecular flexibility index (Phi) is 4.03. The van der Waals surface area contributed by atoms with Crippen molar-refractivity contribution in [3.63, 3.8) is 0 Å². The molecule has 0 aromatic carbocycles. The van der Waals surface area contributed by atoms with Crippen LogP contribution in [-0.4, -0.2) is 47.7 Å². The van der Waals surface area contributed by atoms with Gasteiger partial charge in [0.15, 0.2) is 0 Å². The van der Waals surface area contributed by atoms with Gasteiger partial charge in [-0.15, -0.1) is 0 Å². The first-order valence-corrected chi connectivity index (χ1v) is 5.01. The van der Waals surface area contributed by atoms with Gasteiger partial charge in [0.25, 0.3) is 5.92 Å². The highest BCUT2D eigenvalue weighted by atomic mass is 19.3. The lowest BCUT2D eigenvalue weighted by Crippen LogP contribution is -2.53. The molecule has 5 nitrogen and oxygen atoms in total. The standard InChI is InChI=1S/C10H13F2NO4/c1-2-5-17-9(16)13-4-3-7(8(14)15)10(11,12)6-13/h2,7H,1,3-6H2,(H,14,15). The second-order valence-corrected chi connectivity index (χ2v) is 3.73. The molecule has 96 valence electrons. The van der Waals surface area contributed by atoms with Gasteiger partial charge in [0, 0.05) is 6.54 Å². The van der Waals surface area contributed by atoms with E-state index in [9.17, 15) is 18.4 Å². The van der Waals surface area contributed by atoms with Crippen LogP contribution in [0.25, 0.3) is 0 Å². The number of hydrogen-bond acceptors (Lipinski definition) is 3. The minimum Gasteiger partial charge on any atom is -0.481 e. The molecule has 1 N–H and O–H groups in total. The molecule has 1 aliphatic rings. The highest BCUT2D eigenvalue weighted by Gasteiger charge is 2.50. The molecule has 1 heterocycles. The van der Waals surface area contributed by atoms with E-state index in [0.717, 1.165) is 4.90 Å². The Morgan fingerprint density at radius 3 is 2.71 bits per heavy atom. The predicted molar refractivity (Wildman–Crippen MR) is 53.8 cm³/mol. The van der Waals surface area contributed by atoms with Crippen LogP contribution < -0.4 is 0 Å². The first-order chi connectivity index (χ1) is 7.88. The number of carbonyl (C=O) groups is 2. The monoisotopic (exact) mass is 249 g/mol. The number of likely N-dealkylation sites (tertiary alicyclic amines) is 1. The van der Waals surface area contributed by atoms with E-state index in [1.165, 1.54) is 6.08 Å². The number of piperidine rings is 1. The third-order valence-corrected chi connectivity index (χ3v) is 2.48. The lowest BCUT2D eigenvalue weighted by atomic mass is 9.93. The second-order valence-electron chi connectivity index (χ2n) is 3.73. The van der Waals surface area contributed by atoms with Gasteiger partial charge in [0.1, 0.15) is 12.5 Å². The highest BCUT2D eigenvalue weighted by Crippen LogP contribution is 2.33. The molecule has 0 bridgehead atoms. The van der Waals surface area contributed by atoms with Gasteiger partial charge in [-0.1, -0.05) is 12.7 Å². The largest absolute Gasteiger partial charge is 0.481 e. The van der Waals surface area contributed by atoms with Gasteiger partial charge in [-0.3, -0.25) is 4.79 Å². The zero-order chi connectivity index (χ0) is 13.1. The first-order valence-electron chi connectivity index (χ1n) is 5.01. The highest BCUT2D eigenvalue weighted by molar-refractivity contribution is 5.73. The van der Waals surface area contributed by atoms with Crippen LogP contribution in [0.15, 0.2) is 12.7 Å². The van der Waals surface area contributed by atoms with E-state index in [1.807, 2.05) is 0 Å². The van der Waals surface area contributed by atoms with Crippen molar-refractivity contribution in [2.45, 2.75) is 12.3 Å². The third-order valence-electron chi connectivity index (χ3n) is 2.48. The number of alkyl halides is 2. The van der Waals surface area contributed by atoms with Crippen molar-refractivity contribution >= 4 is 12.1 Å². The van der Waals surface area contributed by atoms with Crippen LogP contribution in [0.4, 0.5) is 13.6 Å². The molecular weight excluding hydrogens is 236 g/mol. The van der Waals surface area contributed by atoms with E-state index in [-0.39, 0.29) is 19.6 Å². The van der Waals surface area contributed by atoms with Gasteiger partial charge in [-0.05, 0) is 6.42 Å². The van der Waals surface area contributed by atoms with Crippen LogP contribution in [0.3, 0.4) is 0 Å². The summed E-state index contributed by atoms with van der Waals surface area (Å²) >= 11 is 0. The lowest BCUT2D eigenvalue weighted by molar-refractivity contribution is -0.165. The van der Waals surface area contributed by atoms with Gasteiger partial charge >= 0.3 is 12.1 Å². The first kappa shape index (κ1) is 13.4. The number of amides is 1. The minimum atomic E-state index is -3.43. The van der Waals surface area contributed by atoms with E-state index in [1.54, 1.807) is 0 Å². The maximum Gasteiger partial charge on any atom is 0.410 e. The third kappa shape index (κ3) is 3.15. The molecule has 1 fully saturated rings. The predicted octanol–water partition coefficient (Wildman–Crippen LogP) is 1.35. The second kappa shape index (κ2) is 5.11. The summed E-state index contributed by atoms with van der Waals surface area (Å²) in [4.78, 5) is 22.7. The summed E-state index contributed by atoms with van der Waals surface area (Å²) in [7, 11) is 0. The zero-order valence-corrected chi connectivity index (χ0v) is 9.07. The van der Waals surface area contributed by atoms with Crippen molar-refractivity contribution in [3.8, 4) is 0 Å². The number of halogens is 2. The van der Waals surface area contributed by atoms with E-state index < -0.39 is 30.4 Å². The number of rotatable bonds is 3. The minimum absolute atomic E-state index is 0.0530.